The molecule has 0 aliphatic carbocycles. The molecule has 0 heteroatoms. The summed E-state index contributed by atoms with van der Waals surface area (Å²) >= 11 is 0. The summed E-state index contributed by atoms with van der Waals surface area (Å²) in [4.78, 5) is 0. The maximum absolute atomic E-state index is 9.60. The van der Waals surface area contributed by atoms with Gasteiger partial charge in [0.25, 0.3) is 0 Å². The Morgan fingerprint density at radius 2 is 0.833 bits per heavy atom. The van der Waals surface area contributed by atoms with Crippen molar-refractivity contribution in [2.24, 2.45) is 0 Å². The molecule has 0 atom stereocenters. The first-order valence-electron chi connectivity index (χ1n) is 21.8. The van der Waals surface area contributed by atoms with E-state index < -0.39 is 209 Å². The van der Waals surface area contributed by atoms with Crippen LogP contribution in [0.2, 0.25) is 0 Å². The molecule has 0 aromatic heterocycles. The standard InChI is InChI=1S/C36H22/c1-2-9-25-21-34-28(19-24(25)8-1)14-13-27-20-29(16-17-31(27)34)36-32-12-6-4-10-26(32)22-35-30-11-5-3-7-23(30)15-18-33(35)36/h1-22H/i1D,2D,3D,4D,5D,6D,7D,8D,9D,10D,11D,12D,13D,14D,15D,16D,17D,18D,19D,20D,21D,22D. The Hall–Kier alpha value is -4.68. The highest BCUT2D eigenvalue weighted by Gasteiger charge is 2.13. The molecule has 0 saturated carbocycles. The molecular formula is C36H22. The zero-order valence-corrected chi connectivity index (χ0v) is 18.0. The highest BCUT2D eigenvalue weighted by atomic mass is 14.2. The van der Waals surface area contributed by atoms with Crippen LogP contribution in [0.25, 0.3) is 75.8 Å². The third kappa shape index (κ3) is 2.82. The van der Waals surface area contributed by atoms with Crippen LogP contribution in [0.5, 0.6) is 0 Å². The van der Waals surface area contributed by atoms with Crippen LogP contribution >= 0.6 is 0 Å². The van der Waals surface area contributed by atoms with Crippen LogP contribution in [0.3, 0.4) is 0 Å². The summed E-state index contributed by atoms with van der Waals surface area (Å²) in [5, 5.41) is -5.98. The van der Waals surface area contributed by atoms with Gasteiger partial charge in [-0.2, -0.15) is 0 Å². The lowest BCUT2D eigenvalue weighted by Crippen LogP contribution is -1.88. The van der Waals surface area contributed by atoms with Crippen molar-refractivity contribution in [2.75, 3.05) is 0 Å². The SMILES string of the molecule is [2H]c1c([2H])c([2H])c2c([2H])c3c(c([2H])c([2H])c4c([2H])c(-c5c6c([2H])c([2H])c([2H])c([2H])c6c([2H])c6c5c([2H])c([2H])c5c([2H])c([2H])c([2H])c([2H])c56)c([2H])c([2H])c43)c([2H])c2c1[2H]. The van der Waals surface area contributed by atoms with E-state index in [9.17, 15) is 8.22 Å². The second-order valence-corrected chi connectivity index (χ2v) is 8.00. The van der Waals surface area contributed by atoms with E-state index in [4.69, 9.17) is 21.9 Å². The summed E-state index contributed by atoms with van der Waals surface area (Å²) in [6, 6.07) is -17.2. The van der Waals surface area contributed by atoms with Gasteiger partial charge in [0.2, 0.25) is 0 Å². The molecule has 0 amide bonds. The number of hydrogen-bond acceptors (Lipinski definition) is 0. The van der Waals surface area contributed by atoms with Gasteiger partial charge in [-0.3, -0.25) is 0 Å². The fourth-order valence-corrected chi connectivity index (χ4v) is 4.41. The molecule has 166 valence electrons. The zero-order chi connectivity index (χ0) is 42.8. The molecule has 36 heavy (non-hydrogen) atoms. The molecule has 0 unspecified atom stereocenters. The molecule has 0 N–H and O–H groups in total. The van der Waals surface area contributed by atoms with Crippen LogP contribution in [0, 0.1) is 0 Å². The number of rotatable bonds is 1. The lowest BCUT2D eigenvalue weighted by molar-refractivity contribution is 1.72. The van der Waals surface area contributed by atoms with E-state index in [2.05, 4.69) is 0 Å². The summed E-state index contributed by atoms with van der Waals surface area (Å²) in [6.07, 6.45) is 0. The van der Waals surface area contributed by atoms with Crippen LogP contribution < -0.4 is 0 Å². The van der Waals surface area contributed by atoms with E-state index in [1.165, 1.54) is 0 Å². The van der Waals surface area contributed by atoms with Crippen molar-refractivity contribution in [2.45, 2.75) is 0 Å². The third-order valence-electron chi connectivity index (χ3n) is 6.00. The molecule has 0 saturated heterocycles. The second-order valence-electron chi connectivity index (χ2n) is 8.00. The van der Waals surface area contributed by atoms with Crippen molar-refractivity contribution >= 4 is 64.6 Å². The molecule has 0 aliphatic rings. The first kappa shape index (κ1) is 7.91. The Morgan fingerprint density at radius 3 is 1.67 bits per heavy atom. The van der Waals surface area contributed by atoms with E-state index in [-0.39, 0.29) is 0 Å². The predicted octanol–water partition coefficient (Wildman–Crippen LogP) is 10.3. The molecule has 0 fully saturated rings. The largest absolute Gasteiger partial charge is 0.0636 e. The van der Waals surface area contributed by atoms with Crippen LogP contribution in [-0.4, -0.2) is 0 Å². The van der Waals surface area contributed by atoms with Crippen molar-refractivity contribution in [3.05, 3.63) is 133 Å². The summed E-state index contributed by atoms with van der Waals surface area (Å²) < 4.78 is 194. The smallest absolute Gasteiger partial charge is 0.0616 e. The van der Waals surface area contributed by atoms with Crippen molar-refractivity contribution < 1.29 is 30.2 Å². The van der Waals surface area contributed by atoms with Gasteiger partial charge in [0, 0.05) is 0 Å². The Labute approximate surface area is 239 Å². The normalized spacial score (nSPS) is 20.4. The van der Waals surface area contributed by atoms with E-state index in [1.807, 2.05) is 0 Å². The van der Waals surface area contributed by atoms with Gasteiger partial charge >= 0.3 is 0 Å². The van der Waals surface area contributed by atoms with Gasteiger partial charge in [0.1, 0.15) is 0 Å². The van der Waals surface area contributed by atoms with Crippen LogP contribution in [0.4, 0.5) is 0 Å². The van der Waals surface area contributed by atoms with Crippen molar-refractivity contribution in [1.82, 2.24) is 0 Å². The second kappa shape index (κ2) is 7.41. The van der Waals surface area contributed by atoms with Gasteiger partial charge in [0.15, 0.2) is 0 Å². The monoisotopic (exact) mass is 476 g/mol. The topological polar surface area (TPSA) is 0 Å². The fourth-order valence-electron chi connectivity index (χ4n) is 4.41. The molecule has 8 aromatic carbocycles. The number of fused-ring (bicyclic) bond motifs is 8. The van der Waals surface area contributed by atoms with Crippen molar-refractivity contribution in [3.63, 3.8) is 0 Å². The van der Waals surface area contributed by atoms with Gasteiger partial charge in [-0.1, -0.05) is 109 Å². The van der Waals surface area contributed by atoms with Crippen molar-refractivity contribution in [3.8, 4) is 11.1 Å². The van der Waals surface area contributed by atoms with Crippen LogP contribution in [0.15, 0.2) is 133 Å². The molecule has 0 heterocycles. The van der Waals surface area contributed by atoms with Crippen LogP contribution in [0.1, 0.15) is 30.2 Å². The van der Waals surface area contributed by atoms with E-state index >= 15 is 0 Å². The van der Waals surface area contributed by atoms with Crippen molar-refractivity contribution in [1.29, 1.82) is 0 Å². The molecule has 0 aliphatic heterocycles. The van der Waals surface area contributed by atoms with E-state index in [0.717, 1.165) is 0 Å². The molecule has 0 spiro atoms. The first-order valence-corrected chi connectivity index (χ1v) is 10.8. The number of benzene rings is 8. The zero-order valence-electron chi connectivity index (χ0n) is 40.0. The minimum absolute atomic E-state index is 0.432. The maximum atomic E-state index is 9.60. The average Bonchev–Trinajstić information content (AvgIpc) is 3.18. The van der Waals surface area contributed by atoms with Gasteiger partial charge in [-0.25, -0.2) is 0 Å². The maximum Gasteiger partial charge on any atom is 0.0636 e. The Bertz CT molecular complexity index is 3350. The van der Waals surface area contributed by atoms with E-state index in [0.29, 0.717) is 0 Å². The first-order chi connectivity index (χ1) is 27.0. The minimum atomic E-state index is -0.911. The molecule has 0 radical (unpaired) electrons. The van der Waals surface area contributed by atoms with Gasteiger partial charge < -0.3 is 0 Å². The summed E-state index contributed by atoms with van der Waals surface area (Å²) in [7, 11) is 0. The Kier molecular flexibility index (Phi) is 1.63. The van der Waals surface area contributed by atoms with Gasteiger partial charge in [0.05, 0.1) is 30.2 Å². The lowest BCUT2D eigenvalue weighted by Gasteiger charge is -2.15. The molecule has 8 rings (SSSR count). The molecular weight excluding hydrogens is 432 g/mol. The van der Waals surface area contributed by atoms with E-state index in [1.54, 1.807) is 0 Å². The molecule has 0 bridgehead atoms. The predicted molar refractivity (Wildman–Crippen MR) is 157 cm³/mol. The average molecular weight is 477 g/mol. The number of hydrogen-bond donors (Lipinski definition) is 0. The minimum Gasteiger partial charge on any atom is -0.0616 e. The Balaban J connectivity index is 1.74. The highest BCUT2D eigenvalue weighted by molar-refractivity contribution is 6.21. The summed E-state index contributed by atoms with van der Waals surface area (Å²) in [5.41, 5.74) is -1.25. The molecule has 8 aromatic rings. The molecule has 0 nitrogen and oxygen atoms in total. The quantitative estimate of drug-likeness (QED) is 0.163. The summed E-state index contributed by atoms with van der Waals surface area (Å²) in [6.45, 7) is 0. The lowest BCUT2D eigenvalue weighted by atomic mass is 9.88. The highest BCUT2D eigenvalue weighted by Crippen LogP contribution is 2.41. The third-order valence-corrected chi connectivity index (χ3v) is 6.00. The fraction of sp³-hybridized carbons (Fsp3) is 0. The van der Waals surface area contributed by atoms with Gasteiger partial charge in [-0.05, 0) is 99.9 Å². The summed E-state index contributed by atoms with van der Waals surface area (Å²) in [5.74, 6) is 0. The Morgan fingerprint density at radius 1 is 0.306 bits per heavy atom. The van der Waals surface area contributed by atoms with Crippen LogP contribution in [-0.2, 0) is 0 Å². The van der Waals surface area contributed by atoms with Gasteiger partial charge in [-0.15, -0.1) is 0 Å².